The third kappa shape index (κ3) is 5.68. The molecule has 1 aromatic carbocycles. The molecule has 1 saturated heterocycles. The van der Waals surface area contributed by atoms with Crippen LogP contribution >= 0.6 is 11.6 Å². The van der Waals surface area contributed by atoms with E-state index >= 15 is 0 Å². The number of amides is 2. The van der Waals surface area contributed by atoms with Crippen molar-refractivity contribution >= 4 is 29.1 Å². The van der Waals surface area contributed by atoms with E-state index in [0.29, 0.717) is 18.8 Å². The van der Waals surface area contributed by atoms with Crippen LogP contribution in [0.2, 0.25) is 5.02 Å². The summed E-state index contributed by atoms with van der Waals surface area (Å²) >= 11 is 5.96. The highest BCUT2D eigenvalue weighted by molar-refractivity contribution is 6.33. The second-order valence-electron chi connectivity index (χ2n) is 6.74. The molecular weight excluding hydrogens is 357 g/mol. The molecule has 144 valence electrons. The Balaban J connectivity index is 1.82. The first-order valence-electron chi connectivity index (χ1n) is 9.20. The molecule has 0 bridgehead atoms. The van der Waals surface area contributed by atoms with Gasteiger partial charge in [0, 0.05) is 12.5 Å². The summed E-state index contributed by atoms with van der Waals surface area (Å²) in [6.45, 7) is 6.03. The lowest BCUT2D eigenvalue weighted by atomic mass is 9.95. The van der Waals surface area contributed by atoms with Crippen LogP contribution in [-0.2, 0) is 9.59 Å². The quantitative estimate of drug-likeness (QED) is 0.709. The van der Waals surface area contributed by atoms with Crippen LogP contribution in [0.25, 0.3) is 0 Å². The number of carbonyl (C=O) groups excluding carboxylic acids is 2. The Morgan fingerprint density at radius 3 is 2.65 bits per heavy atom. The number of benzene rings is 1. The van der Waals surface area contributed by atoms with Gasteiger partial charge in [-0.2, -0.15) is 0 Å². The van der Waals surface area contributed by atoms with Crippen LogP contribution in [0.4, 0.5) is 10.1 Å². The summed E-state index contributed by atoms with van der Waals surface area (Å²) < 4.78 is 13.1. The molecular formula is C19H27ClFN3O2. The van der Waals surface area contributed by atoms with Crippen molar-refractivity contribution in [3.8, 4) is 0 Å². The monoisotopic (exact) mass is 383 g/mol. The lowest BCUT2D eigenvalue weighted by Gasteiger charge is -2.34. The lowest BCUT2D eigenvalue weighted by Crippen LogP contribution is -2.48. The average Bonchev–Trinajstić information content (AvgIpc) is 2.63. The summed E-state index contributed by atoms with van der Waals surface area (Å²) in [5.41, 5.74) is 0.398. The lowest BCUT2D eigenvalue weighted by molar-refractivity contribution is -0.127. The zero-order valence-electron chi connectivity index (χ0n) is 15.4. The molecule has 1 heterocycles. The number of likely N-dealkylation sites (tertiary alicyclic amines) is 1. The molecule has 2 N–H and O–H groups in total. The first-order chi connectivity index (χ1) is 12.4. The Bertz CT molecular complexity index is 633. The molecule has 1 aliphatic heterocycles. The third-order valence-corrected chi connectivity index (χ3v) is 5.16. The first-order valence-corrected chi connectivity index (χ1v) is 9.57. The van der Waals surface area contributed by atoms with Crippen LogP contribution in [0.1, 0.15) is 39.5 Å². The van der Waals surface area contributed by atoms with E-state index < -0.39 is 5.82 Å². The predicted octanol–water partition coefficient (Wildman–Crippen LogP) is 3.43. The number of unbranched alkanes of at least 4 members (excludes halogenated alkanes) is 1. The van der Waals surface area contributed by atoms with E-state index in [4.69, 9.17) is 11.6 Å². The minimum absolute atomic E-state index is 0.0184. The molecule has 0 spiro atoms. The highest BCUT2D eigenvalue weighted by Gasteiger charge is 2.29. The van der Waals surface area contributed by atoms with Gasteiger partial charge in [-0.15, -0.1) is 0 Å². The average molecular weight is 384 g/mol. The van der Waals surface area contributed by atoms with Crippen molar-refractivity contribution in [2.45, 2.75) is 45.6 Å². The van der Waals surface area contributed by atoms with Gasteiger partial charge in [0.05, 0.1) is 16.8 Å². The topological polar surface area (TPSA) is 61.4 Å². The summed E-state index contributed by atoms with van der Waals surface area (Å²) in [5, 5.41) is 5.90. The molecule has 26 heavy (non-hydrogen) atoms. The maximum Gasteiger partial charge on any atom is 0.241 e. The number of piperidine rings is 1. The van der Waals surface area contributed by atoms with Gasteiger partial charge in [-0.3, -0.25) is 14.5 Å². The van der Waals surface area contributed by atoms with Crippen LogP contribution < -0.4 is 10.6 Å². The van der Waals surface area contributed by atoms with Crippen molar-refractivity contribution in [3.05, 3.63) is 29.0 Å². The van der Waals surface area contributed by atoms with Crippen LogP contribution in [0.3, 0.4) is 0 Å². The summed E-state index contributed by atoms with van der Waals surface area (Å²) in [4.78, 5) is 26.6. The number of hydrogen-bond donors (Lipinski definition) is 2. The van der Waals surface area contributed by atoms with E-state index in [1.54, 1.807) is 0 Å². The Labute approximate surface area is 159 Å². The summed E-state index contributed by atoms with van der Waals surface area (Å²) in [6.07, 6.45) is 3.54. The van der Waals surface area contributed by atoms with Gasteiger partial charge in [0.25, 0.3) is 0 Å². The van der Waals surface area contributed by atoms with E-state index in [2.05, 4.69) is 22.5 Å². The Kier molecular flexibility index (Phi) is 7.85. The summed E-state index contributed by atoms with van der Waals surface area (Å²) in [5.74, 6) is -0.497. The van der Waals surface area contributed by atoms with Crippen molar-refractivity contribution in [2.24, 2.45) is 5.92 Å². The SMILES string of the molecule is CCCCNC(=O)C1CCN([C@@H](C)C(=O)Nc2ccc(F)cc2Cl)CC1. The normalized spacial score (nSPS) is 16.9. The zero-order valence-corrected chi connectivity index (χ0v) is 16.1. The molecule has 5 nitrogen and oxygen atoms in total. The van der Waals surface area contributed by atoms with Crippen LogP contribution in [0, 0.1) is 11.7 Å². The summed E-state index contributed by atoms with van der Waals surface area (Å²) in [6, 6.07) is 3.54. The van der Waals surface area contributed by atoms with Gasteiger partial charge < -0.3 is 10.6 Å². The maximum atomic E-state index is 13.1. The number of rotatable bonds is 7. The van der Waals surface area contributed by atoms with E-state index in [1.807, 2.05) is 6.92 Å². The largest absolute Gasteiger partial charge is 0.356 e. The Hall–Kier alpha value is -1.66. The highest BCUT2D eigenvalue weighted by atomic mass is 35.5. The molecule has 0 radical (unpaired) electrons. The van der Waals surface area contributed by atoms with Crippen molar-refractivity contribution in [1.29, 1.82) is 0 Å². The number of hydrogen-bond acceptors (Lipinski definition) is 3. The minimum atomic E-state index is -0.444. The number of anilines is 1. The maximum absolute atomic E-state index is 13.1. The van der Waals surface area contributed by atoms with E-state index in [1.165, 1.54) is 18.2 Å². The van der Waals surface area contributed by atoms with E-state index in [9.17, 15) is 14.0 Å². The molecule has 0 unspecified atom stereocenters. The van der Waals surface area contributed by atoms with Crippen molar-refractivity contribution in [3.63, 3.8) is 0 Å². The molecule has 0 aromatic heterocycles. The fourth-order valence-electron chi connectivity index (χ4n) is 3.08. The molecule has 1 fully saturated rings. The highest BCUT2D eigenvalue weighted by Crippen LogP contribution is 2.24. The molecule has 0 aliphatic carbocycles. The standard InChI is InChI=1S/C19H27ClFN3O2/c1-3-4-9-22-19(26)14-7-10-24(11-8-14)13(2)18(25)23-17-6-5-15(21)12-16(17)20/h5-6,12-14H,3-4,7-11H2,1-2H3,(H,22,26)(H,23,25)/t13-/m0/s1. The molecule has 1 aromatic rings. The van der Waals surface area contributed by atoms with Gasteiger partial charge in [0.2, 0.25) is 11.8 Å². The van der Waals surface area contributed by atoms with Gasteiger partial charge in [-0.1, -0.05) is 24.9 Å². The second-order valence-corrected chi connectivity index (χ2v) is 7.15. The fourth-order valence-corrected chi connectivity index (χ4v) is 3.29. The smallest absolute Gasteiger partial charge is 0.241 e. The molecule has 1 aliphatic rings. The van der Waals surface area contributed by atoms with Gasteiger partial charge in [0.1, 0.15) is 5.82 Å². The fraction of sp³-hybridized carbons (Fsp3) is 0.579. The molecule has 2 rings (SSSR count). The Morgan fingerprint density at radius 1 is 1.35 bits per heavy atom. The van der Waals surface area contributed by atoms with Gasteiger partial charge in [-0.05, 0) is 57.5 Å². The van der Waals surface area contributed by atoms with Crippen LogP contribution in [-0.4, -0.2) is 42.4 Å². The number of nitrogens with zero attached hydrogens (tertiary/aromatic N) is 1. The number of nitrogens with one attached hydrogen (secondary N) is 2. The number of carbonyl (C=O) groups is 2. The summed E-state index contributed by atoms with van der Waals surface area (Å²) in [7, 11) is 0. The predicted molar refractivity (Wildman–Crippen MR) is 102 cm³/mol. The minimum Gasteiger partial charge on any atom is -0.356 e. The van der Waals surface area contributed by atoms with Gasteiger partial charge in [-0.25, -0.2) is 4.39 Å². The molecule has 1 atom stereocenters. The van der Waals surface area contributed by atoms with E-state index in [-0.39, 0.29) is 28.8 Å². The third-order valence-electron chi connectivity index (χ3n) is 4.85. The van der Waals surface area contributed by atoms with Gasteiger partial charge in [0.15, 0.2) is 0 Å². The van der Waals surface area contributed by atoms with Crippen LogP contribution in [0.5, 0.6) is 0 Å². The van der Waals surface area contributed by atoms with E-state index in [0.717, 1.165) is 32.2 Å². The van der Waals surface area contributed by atoms with Crippen molar-refractivity contribution in [2.75, 3.05) is 25.0 Å². The second kappa shape index (κ2) is 9.88. The van der Waals surface area contributed by atoms with Gasteiger partial charge >= 0.3 is 0 Å². The number of halogens is 2. The molecule has 7 heteroatoms. The molecule has 0 saturated carbocycles. The van der Waals surface area contributed by atoms with Crippen molar-refractivity contribution < 1.29 is 14.0 Å². The van der Waals surface area contributed by atoms with Crippen molar-refractivity contribution in [1.82, 2.24) is 10.2 Å². The first kappa shape index (κ1) is 20.6. The molecule has 2 amide bonds. The van der Waals surface area contributed by atoms with Crippen LogP contribution in [0.15, 0.2) is 18.2 Å². The Morgan fingerprint density at radius 2 is 2.04 bits per heavy atom. The zero-order chi connectivity index (χ0) is 19.1.